The number of aromatic nitrogens is 2. The minimum Gasteiger partial charge on any atom is -0.335 e. The fourth-order valence-electron chi connectivity index (χ4n) is 4.22. The van der Waals surface area contributed by atoms with E-state index in [2.05, 4.69) is 11.4 Å². The fourth-order valence-corrected chi connectivity index (χ4v) is 4.22. The number of amides is 2. The van der Waals surface area contributed by atoms with Gasteiger partial charge in [-0.2, -0.15) is 0 Å². The van der Waals surface area contributed by atoms with Gasteiger partial charge in [-0.15, -0.1) is 0 Å². The van der Waals surface area contributed by atoms with Crippen LogP contribution in [0.2, 0.25) is 0 Å². The van der Waals surface area contributed by atoms with Crippen LogP contribution in [0.3, 0.4) is 0 Å². The van der Waals surface area contributed by atoms with E-state index in [1.807, 2.05) is 24.3 Å². The summed E-state index contributed by atoms with van der Waals surface area (Å²) in [6.07, 6.45) is 0.981. The smallest absolute Gasteiger partial charge is 0.328 e. The number of imidazole rings is 1. The lowest BCUT2D eigenvalue weighted by Gasteiger charge is -2.36. The number of fused-ring (bicyclic) bond motifs is 2. The molecule has 3 aromatic rings. The fraction of sp³-hybridized carbons (Fsp3) is 0.318. The Labute approximate surface area is 168 Å². The Morgan fingerprint density at radius 2 is 1.79 bits per heavy atom. The van der Waals surface area contributed by atoms with Crippen LogP contribution in [0.1, 0.15) is 30.5 Å². The van der Waals surface area contributed by atoms with Gasteiger partial charge in [-0.1, -0.05) is 24.3 Å². The predicted octanol–water partition coefficient (Wildman–Crippen LogP) is 2.35. The maximum absolute atomic E-state index is 12.8. The van der Waals surface area contributed by atoms with Crippen molar-refractivity contribution in [1.82, 2.24) is 14.0 Å². The molecule has 0 radical (unpaired) electrons. The monoisotopic (exact) mass is 392 g/mol. The molecule has 2 amide bonds. The van der Waals surface area contributed by atoms with Gasteiger partial charge < -0.3 is 10.2 Å². The quantitative estimate of drug-likeness (QED) is 0.743. The van der Waals surface area contributed by atoms with Gasteiger partial charge in [0.2, 0.25) is 11.8 Å². The van der Waals surface area contributed by atoms with Crippen LogP contribution in [-0.2, 0) is 30.1 Å². The van der Waals surface area contributed by atoms with E-state index in [1.165, 1.54) is 5.56 Å². The van der Waals surface area contributed by atoms with Gasteiger partial charge in [-0.25, -0.2) is 4.79 Å². The average molecular weight is 392 g/mol. The summed E-state index contributed by atoms with van der Waals surface area (Å²) < 4.78 is 3.13. The van der Waals surface area contributed by atoms with Crippen molar-refractivity contribution in [3.63, 3.8) is 0 Å². The minimum absolute atomic E-state index is 0.0296. The van der Waals surface area contributed by atoms with Crippen LogP contribution in [-0.4, -0.2) is 32.4 Å². The molecule has 0 bridgehead atoms. The molecule has 1 aliphatic rings. The van der Waals surface area contributed by atoms with Gasteiger partial charge >= 0.3 is 5.69 Å². The number of hydrogen-bond acceptors (Lipinski definition) is 3. The van der Waals surface area contributed by atoms with Crippen LogP contribution in [0, 0.1) is 0 Å². The second-order valence-corrected chi connectivity index (χ2v) is 7.53. The second-order valence-electron chi connectivity index (χ2n) is 7.53. The van der Waals surface area contributed by atoms with Crippen molar-refractivity contribution in [2.45, 2.75) is 25.8 Å². The van der Waals surface area contributed by atoms with Gasteiger partial charge in [0, 0.05) is 33.3 Å². The zero-order valence-corrected chi connectivity index (χ0v) is 16.8. The number of benzene rings is 2. The summed E-state index contributed by atoms with van der Waals surface area (Å²) in [5, 5.41) is 2.93. The van der Waals surface area contributed by atoms with E-state index in [9.17, 15) is 14.4 Å². The lowest BCUT2D eigenvalue weighted by atomic mass is 9.90. The van der Waals surface area contributed by atoms with Crippen LogP contribution in [0.25, 0.3) is 11.0 Å². The van der Waals surface area contributed by atoms with Crippen molar-refractivity contribution >= 4 is 28.5 Å². The first-order valence-electron chi connectivity index (χ1n) is 9.67. The highest BCUT2D eigenvalue weighted by atomic mass is 16.2. The Morgan fingerprint density at radius 3 is 2.55 bits per heavy atom. The maximum Gasteiger partial charge on any atom is 0.328 e. The standard InChI is InChI=1S/C22H24N4O3/c1-14(27)26-11-10-15-6-4-5-7-17(15)19(26)13-21(28)23-16-8-9-18-20(12-16)25(3)22(29)24(18)2/h4-9,12,19H,10-11,13H2,1-3H3,(H,23,28). The Kier molecular flexibility index (Phi) is 4.74. The molecule has 150 valence electrons. The van der Waals surface area contributed by atoms with Gasteiger partial charge in [0.25, 0.3) is 0 Å². The van der Waals surface area contributed by atoms with E-state index in [0.29, 0.717) is 12.2 Å². The number of anilines is 1. The van der Waals surface area contributed by atoms with Crippen LogP contribution in [0.15, 0.2) is 47.3 Å². The van der Waals surface area contributed by atoms with Crippen molar-refractivity contribution in [3.8, 4) is 0 Å². The molecular weight excluding hydrogens is 368 g/mol. The molecule has 29 heavy (non-hydrogen) atoms. The van der Waals surface area contributed by atoms with E-state index in [-0.39, 0.29) is 30.0 Å². The molecule has 4 rings (SSSR count). The third-order valence-corrected chi connectivity index (χ3v) is 5.75. The van der Waals surface area contributed by atoms with Crippen LogP contribution in [0.5, 0.6) is 0 Å². The highest BCUT2D eigenvalue weighted by Crippen LogP contribution is 2.32. The first-order chi connectivity index (χ1) is 13.9. The molecule has 0 saturated heterocycles. The van der Waals surface area contributed by atoms with Gasteiger partial charge in [0.15, 0.2) is 0 Å². The third-order valence-electron chi connectivity index (χ3n) is 5.75. The normalized spacial score (nSPS) is 16.0. The number of carbonyl (C=O) groups is 2. The first kappa shape index (κ1) is 19.0. The second kappa shape index (κ2) is 7.24. The van der Waals surface area contributed by atoms with Crippen molar-refractivity contribution in [1.29, 1.82) is 0 Å². The number of nitrogens with one attached hydrogen (secondary N) is 1. The van der Waals surface area contributed by atoms with Gasteiger partial charge in [0.1, 0.15) is 0 Å². The lowest BCUT2D eigenvalue weighted by molar-refractivity contribution is -0.132. The summed E-state index contributed by atoms with van der Waals surface area (Å²) in [4.78, 5) is 38.8. The van der Waals surface area contributed by atoms with E-state index >= 15 is 0 Å². The zero-order valence-electron chi connectivity index (χ0n) is 16.8. The molecule has 1 unspecified atom stereocenters. The topological polar surface area (TPSA) is 76.3 Å². The number of carbonyl (C=O) groups excluding carboxylic acids is 2. The molecule has 0 spiro atoms. The lowest BCUT2D eigenvalue weighted by Crippen LogP contribution is -2.40. The van der Waals surface area contributed by atoms with E-state index in [4.69, 9.17) is 0 Å². The zero-order chi connectivity index (χ0) is 20.7. The number of rotatable bonds is 3. The van der Waals surface area contributed by atoms with Gasteiger partial charge in [0.05, 0.1) is 23.5 Å². The molecule has 0 saturated carbocycles. The van der Waals surface area contributed by atoms with E-state index in [1.54, 1.807) is 47.2 Å². The highest BCUT2D eigenvalue weighted by molar-refractivity contribution is 5.94. The van der Waals surface area contributed by atoms with E-state index in [0.717, 1.165) is 23.0 Å². The Hall–Kier alpha value is -3.35. The molecule has 7 nitrogen and oxygen atoms in total. The minimum atomic E-state index is -0.276. The summed E-state index contributed by atoms with van der Waals surface area (Å²) in [5.74, 6) is -0.198. The number of aryl methyl sites for hydroxylation is 2. The predicted molar refractivity (Wildman–Crippen MR) is 112 cm³/mol. The number of nitrogens with zero attached hydrogens (tertiary/aromatic N) is 3. The average Bonchev–Trinajstić information content (AvgIpc) is 2.92. The molecule has 2 heterocycles. The maximum atomic E-state index is 12.8. The third kappa shape index (κ3) is 3.33. The summed E-state index contributed by atoms with van der Waals surface area (Å²) in [7, 11) is 3.43. The molecule has 0 aliphatic carbocycles. The van der Waals surface area contributed by atoms with Crippen molar-refractivity contribution < 1.29 is 9.59 Å². The molecule has 0 fully saturated rings. The summed E-state index contributed by atoms with van der Waals surface area (Å²) in [6.45, 7) is 2.16. The summed E-state index contributed by atoms with van der Waals surface area (Å²) >= 11 is 0. The Bertz CT molecular complexity index is 1170. The summed E-state index contributed by atoms with van der Waals surface area (Å²) in [5.41, 5.74) is 4.29. The van der Waals surface area contributed by atoms with Crippen LogP contribution >= 0.6 is 0 Å². The summed E-state index contributed by atoms with van der Waals surface area (Å²) in [6, 6.07) is 13.1. The SMILES string of the molecule is CC(=O)N1CCc2ccccc2C1CC(=O)Nc1ccc2c(c1)n(C)c(=O)n2C. The number of hydrogen-bond donors (Lipinski definition) is 1. The van der Waals surface area contributed by atoms with Crippen molar-refractivity contribution in [2.75, 3.05) is 11.9 Å². The Balaban J connectivity index is 1.59. The van der Waals surface area contributed by atoms with E-state index < -0.39 is 0 Å². The largest absolute Gasteiger partial charge is 0.335 e. The first-order valence-corrected chi connectivity index (χ1v) is 9.67. The van der Waals surface area contributed by atoms with Gasteiger partial charge in [-0.05, 0) is 35.7 Å². The van der Waals surface area contributed by atoms with Crippen molar-refractivity contribution in [2.24, 2.45) is 14.1 Å². The highest BCUT2D eigenvalue weighted by Gasteiger charge is 2.30. The van der Waals surface area contributed by atoms with Gasteiger partial charge in [-0.3, -0.25) is 18.7 Å². The molecule has 1 atom stereocenters. The molecule has 1 aromatic heterocycles. The van der Waals surface area contributed by atoms with Crippen molar-refractivity contribution in [3.05, 3.63) is 64.1 Å². The molecular formula is C22H24N4O3. The van der Waals surface area contributed by atoms with Crippen LogP contribution < -0.4 is 11.0 Å². The van der Waals surface area contributed by atoms with Crippen LogP contribution in [0.4, 0.5) is 5.69 Å². The molecule has 2 aromatic carbocycles. The molecule has 1 N–H and O–H groups in total. The molecule has 1 aliphatic heterocycles. The Morgan fingerprint density at radius 1 is 1.07 bits per heavy atom. The molecule has 7 heteroatoms.